The van der Waals surface area contributed by atoms with E-state index in [1.54, 1.807) is 30.4 Å². The first-order valence-electron chi connectivity index (χ1n) is 6.39. The van der Waals surface area contributed by atoms with Crippen molar-refractivity contribution in [3.05, 3.63) is 12.0 Å². The van der Waals surface area contributed by atoms with Crippen molar-refractivity contribution >= 4 is 50.0 Å². The SMILES string of the molecule is C=CSSSSCCC[Si](OCC)(OCC)OCC. The van der Waals surface area contributed by atoms with E-state index in [0.29, 0.717) is 19.8 Å². The molecule has 0 spiro atoms. The lowest BCUT2D eigenvalue weighted by Crippen LogP contribution is -2.46. The van der Waals surface area contributed by atoms with Crippen LogP contribution < -0.4 is 0 Å². The highest BCUT2D eigenvalue weighted by atomic mass is 33.7. The Bertz CT molecular complexity index is 205. The van der Waals surface area contributed by atoms with Crippen LogP contribution in [0.2, 0.25) is 6.04 Å². The summed E-state index contributed by atoms with van der Waals surface area (Å²) in [6.45, 7) is 11.6. The van der Waals surface area contributed by atoms with Gasteiger partial charge in [-0.2, -0.15) is 0 Å². The van der Waals surface area contributed by atoms with Gasteiger partial charge in [-0.25, -0.2) is 0 Å². The van der Waals surface area contributed by atoms with Gasteiger partial charge < -0.3 is 13.3 Å². The van der Waals surface area contributed by atoms with Crippen LogP contribution in [0.1, 0.15) is 27.2 Å². The Kier molecular flexibility index (Phi) is 15.1. The minimum absolute atomic E-state index is 0.653. The largest absolute Gasteiger partial charge is 0.500 e. The molecule has 0 atom stereocenters. The fourth-order valence-electron chi connectivity index (χ4n) is 1.45. The van der Waals surface area contributed by atoms with E-state index >= 15 is 0 Å². The Morgan fingerprint density at radius 3 is 2.05 bits per heavy atom. The highest BCUT2D eigenvalue weighted by Gasteiger charge is 2.39. The van der Waals surface area contributed by atoms with E-state index in [0.717, 1.165) is 18.2 Å². The zero-order valence-corrected chi connectivity index (χ0v) is 16.2. The van der Waals surface area contributed by atoms with Gasteiger partial charge in [-0.15, -0.1) is 0 Å². The third-order valence-corrected chi connectivity index (χ3v) is 11.1. The van der Waals surface area contributed by atoms with Gasteiger partial charge in [0.1, 0.15) is 0 Å². The van der Waals surface area contributed by atoms with Gasteiger partial charge in [0.2, 0.25) is 0 Å². The quantitative estimate of drug-likeness (QED) is 0.237. The summed E-state index contributed by atoms with van der Waals surface area (Å²) in [6.07, 6.45) is 1.06. The van der Waals surface area contributed by atoms with E-state index in [1.165, 1.54) is 0 Å². The van der Waals surface area contributed by atoms with E-state index in [-0.39, 0.29) is 0 Å². The maximum atomic E-state index is 5.81. The van der Waals surface area contributed by atoms with Crippen LogP contribution in [0.3, 0.4) is 0 Å². The maximum Gasteiger partial charge on any atom is 0.500 e. The summed E-state index contributed by atoms with van der Waals surface area (Å²) in [5, 5.41) is 1.84. The van der Waals surface area contributed by atoms with Crippen molar-refractivity contribution in [1.29, 1.82) is 0 Å². The van der Waals surface area contributed by atoms with Gasteiger partial charge in [-0.05, 0) is 52.3 Å². The minimum atomic E-state index is -2.42. The molecule has 0 aromatic carbocycles. The Labute approximate surface area is 133 Å². The molecule has 0 aliphatic heterocycles. The molecule has 0 amide bonds. The van der Waals surface area contributed by atoms with Crippen LogP contribution in [0.15, 0.2) is 12.0 Å². The van der Waals surface area contributed by atoms with Gasteiger partial charge in [-0.1, -0.05) is 28.2 Å². The molecule has 0 aromatic rings. The summed E-state index contributed by atoms with van der Waals surface area (Å²) in [4.78, 5) is 0. The molecule has 0 aromatic heterocycles. The van der Waals surface area contributed by atoms with Crippen LogP contribution in [0.25, 0.3) is 0 Å². The van der Waals surface area contributed by atoms with E-state index in [1.807, 2.05) is 37.0 Å². The summed E-state index contributed by atoms with van der Waals surface area (Å²) in [6, 6.07) is 0.898. The van der Waals surface area contributed by atoms with Gasteiger partial charge in [-0.3, -0.25) is 0 Å². The summed E-state index contributed by atoms with van der Waals surface area (Å²) >= 11 is 0. The van der Waals surface area contributed by atoms with E-state index in [2.05, 4.69) is 6.58 Å². The third-order valence-electron chi connectivity index (χ3n) is 1.99. The summed E-state index contributed by atoms with van der Waals surface area (Å²) in [5.74, 6) is 1.08. The average molecular weight is 361 g/mol. The molecule has 0 rings (SSSR count). The predicted molar refractivity (Wildman–Crippen MR) is 95.5 cm³/mol. The van der Waals surface area contributed by atoms with Crippen LogP contribution in [-0.2, 0) is 13.3 Å². The Balaban J connectivity index is 3.92. The Morgan fingerprint density at radius 2 is 1.58 bits per heavy atom. The highest BCUT2D eigenvalue weighted by molar-refractivity contribution is 9.26. The number of hydrogen-bond acceptors (Lipinski definition) is 7. The Morgan fingerprint density at radius 1 is 1.00 bits per heavy atom. The molecule has 0 N–H and O–H groups in total. The summed E-state index contributed by atoms with van der Waals surface area (Å²) in [5.41, 5.74) is 0. The molecule has 0 saturated heterocycles. The molecule has 0 aliphatic carbocycles. The standard InChI is InChI=1S/C11H24O3S4Si/c1-5-12-19(13-6-2,14-7-3)11-9-10-16-18-17-15-8-4/h8H,4-7,9-11H2,1-3H3. The van der Waals surface area contributed by atoms with Gasteiger partial charge in [0.25, 0.3) is 0 Å². The van der Waals surface area contributed by atoms with E-state index < -0.39 is 8.80 Å². The molecule has 0 radical (unpaired) electrons. The number of rotatable bonds is 14. The third kappa shape index (κ3) is 10.6. The predicted octanol–water partition coefficient (Wildman–Crippen LogP) is 5.25. The van der Waals surface area contributed by atoms with E-state index in [9.17, 15) is 0 Å². The molecule has 3 nitrogen and oxygen atoms in total. The second-order valence-electron chi connectivity index (χ2n) is 3.31. The zero-order valence-electron chi connectivity index (χ0n) is 11.9. The second-order valence-corrected chi connectivity index (χ2v) is 12.0. The van der Waals surface area contributed by atoms with Gasteiger partial charge in [0.05, 0.1) is 0 Å². The van der Waals surface area contributed by atoms with Crippen molar-refractivity contribution in [1.82, 2.24) is 0 Å². The molecule has 0 saturated carbocycles. The maximum absolute atomic E-state index is 5.81. The Hall–Kier alpha value is 1.24. The molecule has 0 fully saturated rings. The molecule has 114 valence electrons. The molecular weight excluding hydrogens is 336 g/mol. The van der Waals surface area contributed by atoms with E-state index in [4.69, 9.17) is 13.3 Å². The van der Waals surface area contributed by atoms with Crippen LogP contribution in [0.4, 0.5) is 0 Å². The molecule has 0 aliphatic rings. The van der Waals surface area contributed by atoms with Gasteiger partial charge in [0.15, 0.2) is 0 Å². The van der Waals surface area contributed by atoms with Crippen molar-refractivity contribution in [3.8, 4) is 0 Å². The lowest BCUT2D eigenvalue weighted by atomic mass is 10.6. The lowest BCUT2D eigenvalue weighted by molar-refractivity contribution is 0.0712. The first-order chi connectivity index (χ1) is 9.24. The summed E-state index contributed by atoms with van der Waals surface area (Å²) < 4.78 is 17.4. The van der Waals surface area contributed by atoms with Crippen molar-refractivity contribution in [3.63, 3.8) is 0 Å². The lowest BCUT2D eigenvalue weighted by Gasteiger charge is -2.28. The first-order valence-corrected chi connectivity index (χ1v) is 13.4. The van der Waals surface area contributed by atoms with Crippen molar-refractivity contribution in [2.75, 3.05) is 25.6 Å². The molecule has 0 heterocycles. The zero-order chi connectivity index (χ0) is 14.4. The van der Waals surface area contributed by atoms with Crippen molar-refractivity contribution in [2.24, 2.45) is 0 Å². The topological polar surface area (TPSA) is 27.7 Å². The van der Waals surface area contributed by atoms with Crippen molar-refractivity contribution in [2.45, 2.75) is 33.2 Å². The molecule has 0 bridgehead atoms. The van der Waals surface area contributed by atoms with Gasteiger partial charge >= 0.3 is 8.80 Å². The van der Waals surface area contributed by atoms with Crippen LogP contribution in [0.5, 0.6) is 0 Å². The smallest absolute Gasteiger partial charge is 0.374 e. The first kappa shape index (κ1) is 20.2. The molecule has 19 heavy (non-hydrogen) atoms. The van der Waals surface area contributed by atoms with Crippen LogP contribution in [-0.4, -0.2) is 34.4 Å². The van der Waals surface area contributed by atoms with Crippen LogP contribution >= 0.6 is 41.2 Å². The van der Waals surface area contributed by atoms with Crippen LogP contribution in [0, 0.1) is 0 Å². The molecular formula is C11H24O3S4Si. The average Bonchev–Trinajstić information content (AvgIpc) is 2.39. The normalized spacial score (nSPS) is 11.7. The molecule has 0 unspecified atom stereocenters. The fraction of sp³-hybridized carbons (Fsp3) is 0.818. The summed E-state index contributed by atoms with van der Waals surface area (Å²) in [7, 11) is 4.61. The van der Waals surface area contributed by atoms with Crippen molar-refractivity contribution < 1.29 is 13.3 Å². The fourth-order valence-corrected chi connectivity index (χ4v) is 9.39. The number of hydrogen-bond donors (Lipinski definition) is 0. The monoisotopic (exact) mass is 360 g/mol. The molecule has 8 heteroatoms. The second kappa shape index (κ2) is 14.2. The van der Waals surface area contributed by atoms with Gasteiger partial charge in [0, 0.05) is 31.6 Å². The minimum Gasteiger partial charge on any atom is -0.374 e. The highest BCUT2D eigenvalue weighted by Crippen LogP contribution is 2.43.